The van der Waals surface area contributed by atoms with E-state index in [1.165, 1.54) is 6.07 Å². The molecule has 2 atom stereocenters. The number of hydrogen-bond acceptors (Lipinski definition) is 3. The second kappa shape index (κ2) is 6.18. The molecule has 1 aliphatic rings. The lowest BCUT2D eigenvalue weighted by molar-refractivity contribution is 0.385. The molecule has 1 heterocycles. The minimum absolute atomic E-state index is 0.0258. The molecule has 1 N–H and O–H groups in total. The van der Waals surface area contributed by atoms with Crippen LogP contribution in [0.5, 0.6) is 0 Å². The lowest BCUT2D eigenvalue weighted by Gasteiger charge is -2.23. The average Bonchev–Trinajstić information content (AvgIpc) is 2.74. The van der Waals surface area contributed by atoms with E-state index in [1.54, 1.807) is 6.07 Å². The van der Waals surface area contributed by atoms with Gasteiger partial charge in [-0.15, -0.1) is 0 Å². The van der Waals surface area contributed by atoms with Crippen molar-refractivity contribution >= 4 is 9.84 Å². The standard InChI is InChI=1S/C14H19F2NO2S/c1-2-17-14(11-5-6-20(18,19)9-11)8-10-3-4-12(15)13(16)7-10/h3-4,7,11,14,17H,2,5-6,8-9H2,1H3. The first kappa shape index (κ1) is 15.4. The highest BCUT2D eigenvalue weighted by molar-refractivity contribution is 7.91. The summed E-state index contributed by atoms with van der Waals surface area (Å²) in [5, 5.41) is 3.26. The Balaban J connectivity index is 2.11. The fourth-order valence-electron chi connectivity index (χ4n) is 2.73. The van der Waals surface area contributed by atoms with Crippen LogP contribution in [0, 0.1) is 17.6 Å². The summed E-state index contributed by atoms with van der Waals surface area (Å²) in [6.07, 6.45) is 1.13. The summed E-state index contributed by atoms with van der Waals surface area (Å²) in [6, 6.07) is 3.82. The van der Waals surface area contributed by atoms with Crippen LogP contribution in [0.3, 0.4) is 0 Å². The van der Waals surface area contributed by atoms with Crippen molar-refractivity contribution in [3.8, 4) is 0 Å². The predicted molar refractivity (Wildman–Crippen MR) is 74.3 cm³/mol. The van der Waals surface area contributed by atoms with Crippen LogP contribution in [0.15, 0.2) is 18.2 Å². The van der Waals surface area contributed by atoms with Gasteiger partial charge in [0.15, 0.2) is 21.5 Å². The second-order valence-electron chi connectivity index (χ2n) is 5.28. The van der Waals surface area contributed by atoms with Crippen molar-refractivity contribution in [2.24, 2.45) is 5.92 Å². The fraction of sp³-hybridized carbons (Fsp3) is 0.571. The van der Waals surface area contributed by atoms with Crippen molar-refractivity contribution < 1.29 is 17.2 Å². The quantitative estimate of drug-likeness (QED) is 0.904. The topological polar surface area (TPSA) is 46.2 Å². The molecule has 0 bridgehead atoms. The number of benzene rings is 1. The van der Waals surface area contributed by atoms with E-state index in [-0.39, 0.29) is 23.5 Å². The number of halogens is 2. The van der Waals surface area contributed by atoms with E-state index in [0.29, 0.717) is 24.9 Å². The van der Waals surface area contributed by atoms with Gasteiger partial charge in [0.25, 0.3) is 0 Å². The number of rotatable bonds is 5. The Hall–Kier alpha value is -1.01. The van der Waals surface area contributed by atoms with Crippen molar-refractivity contribution in [2.45, 2.75) is 25.8 Å². The maximum Gasteiger partial charge on any atom is 0.159 e. The third-order valence-corrected chi connectivity index (χ3v) is 5.54. The van der Waals surface area contributed by atoms with Crippen LogP contribution >= 0.6 is 0 Å². The van der Waals surface area contributed by atoms with Crippen molar-refractivity contribution in [1.82, 2.24) is 5.32 Å². The van der Waals surface area contributed by atoms with Gasteiger partial charge in [-0.2, -0.15) is 0 Å². The maximum absolute atomic E-state index is 13.2. The van der Waals surface area contributed by atoms with E-state index < -0.39 is 21.5 Å². The molecule has 2 rings (SSSR count). The SMILES string of the molecule is CCNC(Cc1ccc(F)c(F)c1)C1CCS(=O)(=O)C1. The molecule has 0 radical (unpaired) electrons. The highest BCUT2D eigenvalue weighted by Gasteiger charge is 2.33. The Morgan fingerprint density at radius 3 is 2.65 bits per heavy atom. The Morgan fingerprint density at radius 2 is 2.10 bits per heavy atom. The summed E-state index contributed by atoms with van der Waals surface area (Å²) in [6.45, 7) is 2.66. The molecule has 3 nitrogen and oxygen atoms in total. The van der Waals surface area contributed by atoms with Gasteiger partial charge in [-0.1, -0.05) is 13.0 Å². The molecule has 0 amide bonds. The Morgan fingerprint density at radius 1 is 1.35 bits per heavy atom. The molecule has 20 heavy (non-hydrogen) atoms. The largest absolute Gasteiger partial charge is 0.314 e. The number of likely N-dealkylation sites (N-methyl/N-ethyl adjacent to an activating group) is 1. The molecule has 112 valence electrons. The summed E-state index contributed by atoms with van der Waals surface area (Å²) < 4.78 is 49.3. The molecule has 1 fully saturated rings. The van der Waals surface area contributed by atoms with Crippen LogP contribution in [-0.4, -0.2) is 32.5 Å². The van der Waals surface area contributed by atoms with Crippen molar-refractivity contribution in [2.75, 3.05) is 18.1 Å². The Bertz CT molecular complexity index is 575. The average molecular weight is 303 g/mol. The van der Waals surface area contributed by atoms with E-state index >= 15 is 0 Å². The van der Waals surface area contributed by atoms with Gasteiger partial charge in [-0.05, 0) is 43.0 Å². The van der Waals surface area contributed by atoms with E-state index in [9.17, 15) is 17.2 Å². The van der Waals surface area contributed by atoms with Gasteiger partial charge in [0.05, 0.1) is 11.5 Å². The first-order valence-corrected chi connectivity index (χ1v) is 8.61. The van der Waals surface area contributed by atoms with E-state index in [1.807, 2.05) is 6.92 Å². The summed E-state index contributed by atoms with van der Waals surface area (Å²) in [7, 11) is -2.94. The van der Waals surface area contributed by atoms with Gasteiger partial charge in [-0.25, -0.2) is 17.2 Å². The molecule has 1 aromatic carbocycles. The van der Waals surface area contributed by atoms with Gasteiger partial charge in [0.1, 0.15) is 0 Å². The van der Waals surface area contributed by atoms with Gasteiger partial charge in [0.2, 0.25) is 0 Å². The number of sulfone groups is 1. The molecule has 1 aliphatic heterocycles. The highest BCUT2D eigenvalue weighted by Crippen LogP contribution is 2.24. The molecule has 0 saturated carbocycles. The van der Waals surface area contributed by atoms with E-state index in [0.717, 1.165) is 6.07 Å². The van der Waals surface area contributed by atoms with Gasteiger partial charge in [0, 0.05) is 6.04 Å². The summed E-state index contributed by atoms with van der Waals surface area (Å²) in [5.74, 6) is -1.30. The maximum atomic E-state index is 13.2. The molecule has 0 spiro atoms. The Kier molecular flexibility index (Phi) is 4.75. The molecule has 0 aliphatic carbocycles. The molecular weight excluding hydrogens is 284 g/mol. The zero-order valence-electron chi connectivity index (χ0n) is 11.4. The van der Waals surface area contributed by atoms with Crippen molar-refractivity contribution in [3.05, 3.63) is 35.4 Å². The minimum atomic E-state index is -2.94. The third-order valence-electron chi connectivity index (χ3n) is 3.74. The first-order valence-electron chi connectivity index (χ1n) is 6.79. The summed E-state index contributed by atoms with van der Waals surface area (Å²) in [5.41, 5.74) is 0.680. The third kappa shape index (κ3) is 3.76. The van der Waals surface area contributed by atoms with Crippen LogP contribution in [0.25, 0.3) is 0 Å². The first-order chi connectivity index (χ1) is 9.41. The van der Waals surface area contributed by atoms with Crippen molar-refractivity contribution in [3.63, 3.8) is 0 Å². The smallest absolute Gasteiger partial charge is 0.159 e. The van der Waals surface area contributed by atoms with Gasteiger partial charge >= 0.3 is 0 Å². The fourth-order valence-corrected chi connectivity index (χ4v) is 4.61. The predicted octanol–water partition coefficient (Wildman–Crippen LogP) is 1.92. The molecular formula is C14H19F2NO2S. The summed E-state index contributed by atoms with van der Waals surface area (Å²) >= 11 is 0. The van der Waals surface area contributed by atoms with Crippen LogP contribution in [0.1, 0.15) is 18.9 Å². The summed E-state index contributed by atoms with van der Waals surface area (Å²) in [4.78, 5) is 0. The van der Waals surface area contributed by atoms with Gasteiger partial charge < -0.3 is 5.32 Å². The van der Waals surface area contributed by atoms with Crippen LogP contribution in [-0.2, 0) is 16.3 Å². The minimum Gasteiger partial charge on any atom is -0.314 e. The zero-order chi connectivity index (χ0) is 14.8. The van der Waals surface area contributed by atoms with E-state index in [2.05, 4.69) is 5.32 Å². The molecule has 2 unspecified atom stereocenters. The number of hydrogen-bond donors (Lipinski definition) is 1. The second-order valence-corrected chi connectivity index (χ2v) is 7.51. The van der Waals surface area contributed by atoms with E-state index in [4.69, 9.17) is 0 Å². The molecule has 1 aromatic rings. The highest BCUT2D eigenvalue weighted by atomic mass is 32.2. The Labute approximate surface area is 118 Å². The zero-order valence-corrected chi connectivity index (χ0v) is 12.2. The normalized spacial score (nSPS) is 22.9. The molecule has 6 heteroatoms. The van der Waals surface area contributed by atoms with Crippen LogP contribution in [0.4, 0.5) is 8.78 Å². The van der Waals surface area contributed by atoms with Crippen LogP contribution in [0.2, 0.25) is 0 Å². The lowest BCUT2D eigenvalue weighted by Crippen LogP contribution is -2.38. The van der Waals surface area contributed by atoms with Crippen LogP contribution < -0.4 is 5.32 Å². The number of nitrogens with one attached hydrogen (secondary N) is 1. The van der Waals surface area contributed by atoms with Gasteiger partial charge in [-0.3, -0.25) is 0 Å². The van der Waals surface area contributed by atoms with Crippen molar-refractivity contribution in [1.29, 1.82) is 0 Å². The monoisotopic (exact) mass is 303 g/mol. The lowest BCUT2D eigenvalue weighted by atomic mass is 9.93. The molecule has 1 saturated heterocycles. The molecule has 0 aromatic heterocycles.